The van der Waals surface area contributed by atoms with Crippen LogP contribution in [-0.4, -0.2) is 42.4 Å². The Labute approximate surface area is 132 Å². The number of carbonyl (C=O) groups excluding carboxylic acids is 2. The summed E-state index contributed by atoms with van der Waals surface area (Å²) in [6.45, 7) is 0.0936. The number of aliphatic hydroxyl groups excluding tert-OH is 1. The van der Waals surface area contributed by atoms with E-state index in [0.717, 1.165) is 18.7 Å². The summed E-state index contributed by atoms with van der Waals surface area (Å²) >= 11 is 0. The van der Waals surface area contributed by atoms with Crippen LogP contribution in [-0.2, 0) is 26.1 Å². The normalized spacial score (nSPS) is 11.5. The first kappa shape index (κ1) is 16.6. The van der Waals surface area contributed by atoms with Crippen LogP contribution in [0.25, 0.3) is 16.7 Å². The van der Waals surface area contributed by atoms with E-state index >= 15 is 0 Å². The quantitative estimate of drug-likeness (QED) is 0.287. The molecule has 1 N–H and O–H groups in total. The largest absolute Gasteiger partial charge is 0.507 e. The molecule has 0 atom stereocenters. The van der Waals surface area contributed by atoms with Crippen LogP contribution in [0.2, 0.25) is 0 Å². The van der Waals surface area contributed by atoms with Crippen LogP contribution in [0.15, 0.2) is 30.5 Å². The molecule has 7 heteroatoms. The van der Waals surface area contributed by atoms with E-state index in [0.29, 0.717) is 16.7 Å². The number of rotatable bonds is 6. The van der Waals surface area contributed by atoms with E-state index in [9.17, 15) is 14.7 Å². The molecule has 0 aliphatic heterocycles. The highest BCUT2D eigenvalue weighted by molar-refractivity contribution is 6.39. The summed E-state index contributed by atoms with van der Waals surface area (Å²) < 4.78 is 16.3. The van der Waals surface area contributed by atoms with Crippen LogP contribution < -0.4 is 4.74 Å². The molecule has 0 aliphatic carbocycles. The summed E-state index contributed by atoms with van der Waals surface area (Å²) in [5.74, 6) is -1.75. The van der Waals surface area contributed by atoms with Crippen LogP contribution in [0.5, 0.6) is 5.75 Å². The van der Waals surface area contributed by atoms with E-state index < -0.39 is 11.8 Å². The Bertz CT molecular complexity index is 774. The van der Waals surface area contributed by atoms with Crippen molar-refractivity contribution < 1.29 is 28.9 Å². The number of methoxy groups -OCH3 is 2. The Hall–Kier alpha value is -2.80. The maximum atomic E-state index is 11.6. The summed E-state index contributed by atoms with van der Waals surface area (Å²) in [6, 6.07) is 5.31. The van der Waals surface area contributed by atoms with Crippen molar-refractivity contribution >= 4 is 28.4 Å². The molecule has 1 heterocycles. The number of ether oxygens (including phenoxy) is 3. The van der Waals surface area contributed by atoms with Gasteiger partial charge in [-0.3, -0.25) is 4.79 Å². The predicted molar refractivity (Wildman–Crippen MR) is 83.1 cm³/mol. The lowest BCUT2D eigenvalue weighted by Crippen LogP contribution is -2.13. The lowest BCUT2D eigenvalue weighted by molar-refractivity contribution is -0.149. The molecule has 7 nitrogen and oxygen atoms in total. The maximum Gasteiger partial charge on any atom is 0.378 e. The van der Waals surface area contributed by atoms with Crippen LogP contribution in [0.1, 0.15) is 5.56 Å². The zero-order valence-electron chi connectivity index (χ0n) is 13.0. The number of nitrogens with zero attached hydrogens (tertiary/aromatic N) is 1. The Kier molecular flexibility index (Phi) is 5.02. The Morgan fingerprint density at radius 2 is 2.04 bits per heavy atom. The van der Waals surface area contributed by atoms with E-state index in [1.807, 2.05) is 6.07 Å². The van der Waals surface area contributed by atoms with E-state index in [-0.39, 0.29) is 12.6 Å². The molecular weight excluding hydrogens is 302 g/mol. The van der Waals surface area contributed by atoms with Crippen molar-refractivity contribution in [1.82, 2.24) is 4.57 Å². The maximum absolute atomic E-state index is 11.6. The van der Waals surface area contributed by atoms with Gasteiger partial charge in [0.15, 0.2) is 6.79 Å². The van der Waals surface area contributed by atoms with Crippen molar-refractivity contribution in [2.24, 2.45) is 7.05 Å². The number of fused-ring (bicyclic) bond motifs is 1. The molecule has 23 heavy (non-hydrogen) atoms. The topological polar surface area (TPSA) is 87.0 Å². The van der Waals surface area contributed by atoms with E-state index in [1.165, 1.54) is 7.11 Å². The van der Waals surface area contributed by atoms with Crippen LogP contribution >= 0.6 is 0 Å². The van der Waals surface area contributed by atoms with Gasteiger partial charge in [-0.15, -0.1) is 0 Å². The van der Waals surface area contributed by atoms with E-state index in [1.54, 1.807) is 29.9 Å². The number of hydrogen-bond acceptors (Lipinski definition) is 6. The Morgan fingerprint density at radius 3 is 2.70 bits per heavy atom. The zero-order chi connectivity index (χ0) is 17.0. The van der Waals surface area contributed by atoms with Gasteiger partial charge in [0.1, 0.15) is 11.5 Å². The van der Waals surface area contributed by atoms with Gasteiger partial charge in [0.2, 0.25) is 0 Å². The summed E-state index contributed by atoms with van der Waals surface area (Å²) in [7, 11) is 4.42. The van der Waals surface area contributed by atoms with Gasteiger partial charge >= 0.3 is 5.97 Å². The highest BCUT2D eigenvalue weighted by Gasteiger charge is 2.16. The lowest BCUT2D eigenvalue weighted by atomic mass is 10.1. The average Bonchev–Trinajstić information content (AvgIpc) is 2.88. The smallest absolute Gasteiger partial charge is 0.378 e. The van der Waals surface area contributed by atoms with Gasteiger partial charge in [0, 0.05) is 42.9 Å². The van der Waals surface area contributed by atoms with Crippen LogP contribution in [0.3, 0.4) is 0 Å². The monoisotopic (exact) mass is 319 g/mol. The second-order valence-electron chi connectivity index (χ2n) is 4.77. The molecule has 0 bridgehead atoms. The van der Waals surface area contributed by atoms with Gasteiger partial charge in [-0.2, -0.15) is 0 Å². The third-order valence-corrected chi connectivity index (χ3v) is 3.23. The molecule has 0 saturated carbocycles. The first-order valence-electron chi connectivity index (χ1n) is 6.72. The minimum atomic E-state index is -1.04. The fraction of sp³-hybridized carbons (Fsp3) is 0.250. The van der Waals surface area contributed by atoms with E-state index in [2.05, 4.69) is 4.74 Å². The van der Waals surface area contributed by atoms with Crippen LogP contribution in [0, 0.1) is 0 Å². The first-order valence-corrected chi connectivity index (χ1v) is 6.72. The van der Waals surface area contributed by atoms with Gasteiger partial charge in [-0.05, 0) is 18.2 Å². The second kappa shape index (κ2) is 6.97. The summed E-state index contributed by atoms with van der Waals surface area (Å²) in [4.78, 5) is 22.7. The zero-order valence-corrected chi connectivity index (χ0v) is 13.0. The van der Waals surface area contributed by atoms with Crippen molar-refractivity contribution in [2.45, 2.75) is 0 Å². The Morgan fingerprint density at radius 1 is 1.30 bits per heavy atom. The first-order chi connectivity index (χ1) is 11.0. The molecule has 0 amide bonds. The molecule has 1 aromatic carbocycles. The van der Waals surface area contributed by atoms with Gasteiger partial charge in [0.05, 0.1) is 7.11 Å². The molecule has 2 rings (SSSR count). The molecule has 0 fully saturated rings. The molecule has 0 spiro atoms. The number of aliphatic hydroxyl groups is 1. The number of esters is 1. The van der Waals surface area contributed by atoms with Crippen LogP contribution in [0.4, 0.5) is 0 Å². The minimum absolute atomic E-state index is 0.0936. The number of hydrogen-bond donors (Lipinski definition) is 1. The van der Waals surface area contributed by atoms with E-state index in [4.69, 9.17) is 9.47 Å². The van der Waals surface area contributed by atoms with Gasteiger partial charge in [-0.25, -0.2) is 4.79 Å². The van der Waals surface area contributed by atoms with Crippen molar-refractivity contribution in [1.29, 1.82) is 0 Å². The summed E-state index contributed by atoms with van der Waals surface area (Å²) in [5, 5.41) is 10.8. The SMILES string of the molecule is COCOc1ccc2c(c1)c(/C(O)=C/C(=O)C(=O)OC)cn2C. The number of aryl methyl sites for hydroxylation is 1. The van der Waals surface area contributed by atoms with Gasteiger partial charge < -0.3 is 23.9 Å². The van der Waals surface area contributed by atoms with Crippen molar-refractivity contribution in [3.8, 4) is 5.75 Å². The number of carbonyl (C=O) groups is 2. The fourth-order valence-corrected chi connectivity index (χ4v) is 2.15. The van der Waals surface area contributed by atoms with Crippen molar-refractivity contribution in [3.05, 3.63) is 36.0 Å². The third-order valence-electron chi connectivity index (χ3n) is 3.23. The molecule has 0 radical (unpaired) electrons. The summed E-state index contributed by atoms with van der Waals surface area (Å²) in [5.41, 5.74) is 1.23. The van der Waals surface area contributed by atoms with Gasteiger partial charge in [0.25, 0.3) is 5.78 Å². The fourth-order valence-electron chi connectivity index (χ4n) is 2.15. The van der Waals surface area contributed by atoms with Crippen molar-refractivity contribution in [2.75, 3.05) is 21.0 Å². The lowest BCUT2D eigenvalue weighted by Gasteiger charge is -2.05. The number of aromatic nitrogens is 1. The predicted octanol–water partition coefficient (Wildman–Crippen LogP) is 1.80. The second-order valence-corrected chi connectivity index (χ2v) is 4.77. The molecular formula is C16H17NO6. The number of benzene rings is 1. The third kappa shape index (κ3) is 3.51. The minimum Gasteiger partial charge on any atom is -0.507 e. The highest BCUT2D eigenvalue weighted by atomic mass is 16.7. The van der Waals surface area contributed by atoms with Crippen molar-refractivity contribution in [3.63, 3.8) is 0 Å². The average molecular weight is 319 g/mol. The summed E-state index contributed by atoms with van der Waals surface area (Å²) in [6.07, 6.45) is 2.49. The molecule has 1 aromatic heterocycles. The molecule has 2 aromatic rings. The number of ketones is 1. The Balaban J connectivity index is 2.45. The highest BCUT2D eigenvalue weighted by Crippen LogP contribution is 2.29. The molecule has 122 valence electrons. The van der Waals surface area contributed by atoms with Gasteiger partial charge in [-0.1, -0.05) is 0 Å². The molecule has 0 saturated heterocycles. The molecule has 0 aliphatic rings. The molecule has 0 unspecified atom stereocenters. The standard InChI is InChI=1S/C16H17NO6/c1-17-8-12(14(18)7-15(19)16(20)22-3)11-6-10(23-9-21-2)4-5-13(11)17/h4-8,18H,9H2,1-3H3/b14-7-.